The number of nitrogens with zero attached hydrogens (tertiary/aromatic N) is 2. The molecule has 1 aliphatic heterocycles. The summed E-state index contributed by atoms with van der Waals surface area (Å²) in [5.41, 5.74) is 7.32. The minimum Gasteiger partial charge on any atom is -0.329 e. The minimum atomic E-state index is 0.286. The number of rotatable bonds is 5. The van der Waals surface area contributed by atoms with Crippen molar-refractivity contribution in [1.29, 1.82) is 0 Å². The monoisotopic (exact) mass is 417 g/mol. The third-order valence-corrected chi connectivity index (χ3v) is 6.35. The number of halogens is 2. The molecule has 1 aliphatic rings. The van der Waals surface area contributed by atoms with Gasteiger partial charge < -0.3 is 10.6 Å². The lowest BCUT2D eigenvalue weighted by Gasteiger charge is -2.35. The van der Waals surface area contributed by atoms with Crippen molar-refractivity contribution in [2.75, 3.05) is 40.3 Å². The Kier molecular flexibility index (Phi) is 6.69. The van der Waals surface area contributed by atoms with Gasteiger partial charge in [0.25, 0.3) is 0 Å². The molecular weight excluding hydrogens is 394 g/mol. The summed E-state index contributed by atoms with van der Waals surface area (Å²) < 4.78 is 2.17. The van der Waals surface area contributed by atoms with Crippen LogP contribution in [0.3, 0.4) is 0 Å². The van der Waals surface area contributed by atoms with Crippen LogP contribution >= 0.6 is 31.9 Å². The Labute approximate surface area is 145 Å². The van der Waals surface area contributed by atoms with Crippen molar-refractivity contribution in [3.8, 4) is 0 Å². The molecule has 0 spiro atoms. The van der Waals surface area contributed by atoms with E-state index in [4.69, 9.17) is 5.73 Å². The van der Waals surface area contributed by atoms with Crippen molar-refractivity contribution in [3.05, 3.63) is 32.7 Å². The molecule has 2 rings (SSSR count). The number of benzene rings is 1. The first-order valence-electron chi connectivity index (χ1n) is 7.55. The van der Waals surface area contributed by atoms with Gasteiger partial charge in [-0.25, -0.2) is 0 Å². The minimum absolute atomic E-state index is 0.286. The number of nitrogens with two attached hydrogens (primary N) is 1. The summed E-state index contributed by atoms with van der Waals surface area (Å²) in [6.07, 6.45) is 2.59. The highest BCUT2D eigenvalue weighted by Crippen LogP contribution is 2.29. The predicted octanol–water partition coefficient (Wildman–Crippen LogP) is 3.49. The first kappa shape index (κ1) is 17.4. The SMILES string of the molecule is CN1CCC(CN(C)C(CN)c2ccc(Br)c(Br)c2)CC1. The van der Waals surface area contributed by atoms with Gasteiger partial charge in [0.05, 0.1) is 0 Å². The molecule has 118 valence electrons. The fourth-order valence-electron chi connectivity index (χ4n) is 3.07. The van der Waals surface area contributed by atoms with Crippen LogP contribution in [0, 0.1) is 5.92 Å². The van der Waals surface area contributed by atoms with Crippen LogP contribution < -0.4 is 5.73 Å². The number of likely N-dealkylation sites (N-methyl/N-ethyl adjacent to an activating group) is 1. The Morgan fingerprint density at radius 3 is 2.52 bits per heavy atom. The first-order chi connectivity index (χ1) is 10.0. The van der Waals surface area contributed by atoms with Gasteiger partial charge in [-0.05, 0) is 95.5 Å². The van der Waals surface area contributed by atoms with Crippen LogP contribution in [0.15, 0.2) is 27.1 Å². The standard InChI is InChI=1S/C16H25Br2N3/c1-20-7-5-12(6-8-20)11-21(2)16(10-19)13-3-4-14(17)15(18)9-13/h3-4,9,12,16H,5-8,10-11,19H2,1-2H3. The zero-order valence-electron chi connectivity index (χ0n) is 12.9. The Morgan fingerprint density at radius 2 is 1.95 bits per heavy atom. The van der Waals surface area contributed by atoms with Crippen molar-refractivity contribution < 1.29 is 0 Å². The topological polar surface area (TPSA) is 32.5 Å². The highest BCUT2D eigenvalue weighted by molar-refractivity contribution is 9.13. The summed E-state index contributed by atoms with van der Waals surface area (Å²) >= 11 is 7.11. The average molecular weight is 419 g/mol. The van der Waals surface area contributed by atoms with Crippen LogP contribution in [-0.2, 0) is 0 Å². The van der Waals surface area contributed by atoms with Crippen LogP contribution in [0.5, 0.6) is 0 Å². The van der Waals surface area contributed by atoms with E-state index in [1.807, 2.05) is 0 Å². The third kappa shape index (κ3) is 4.76. The van der Waals surface area contributed by atoms with Gasteiger partial charge in [0.15, 0.2) is 0 Å². The van der Waals surface area contributed by atoms with E-state index in [1.54, 1.807) is 0 Å². The summed E-state index contributed by atoms with van der Waals surface area (Å²) in [6, 6.07) is 6.71. The average Bonchev–Trinajstić information content (AvgIpc) is 2.46. The summed E-state index contributed by atoms with van der Waals surface area (Å²) in [4.78, 5) is 4.84. The van der Waals surface area contributed by atoms with Crippen LogP contribution in [0.2, 0.25) is 0 Å². The second kappa shape index (κ2) is 8.06. The normalized spacial score (nSPS) is 19.1. The molecule has 1 atom stereocenters. The Hall–Kier alpha value is 0.0600. The molecule has 5 heteroatoms. The number of hydrogen-bond donors (Lipinski definition) is 1. The van der Waals surface area contributed by atoms with Gasteiger partial charge in [0.1, 0.15) is 0 Å². The van der Waals surface area contributed by atoms with E-state index in [-0.39, 0.29) is 6.04 Å². The second-order valence-electron chi connectivity index (χ2n) is 6.11. The highest BCUT2D eigenvalue weighted by Gasteiger charge is 2.22. The molecule has 1 aromatic rings. The molecular formula is C16H25Br2N3. The van der Waals surface area contributed by atoms with Crippen molar-refractivity contribution in [2.45, 2.75) is 18.9 Å². The summed E-state index contributed by atoms with van der Waals surface area (Å²) in [7, 11) is 4.41. The maximum absolute atomic E-state index is 6.04. The zero-order chi connectivity index (χ0) is 15.4. The molecule has 1 aromatic carbocycles. The van der Waals surface area contributed by atoms with Gasteiger partial charge in [-0.15, -0.1) is 0 Å². The molecule has 0 radical (unpaired) electrons. The largest absolute Gasteiger partial charge is 0.329 e. The lowest BCUT2D eigenvalue weighted by molar-refractivity contribution is 0.151. The zero-order valence-corrected chi connectivity index (χ0v) is 16.0. The van der Waals surface area contributed by atoms with Crippen molar-refractivity contribution in [3.63, 3.8) is 0 Å². The molecule has 1 fully saturated rings. The molecule has 2 N–H and O–H groups in total. The Bertz CT molecular complexity index is 459. The third-order valence-electron chi connectivity index (χ3n) is 4.47. The molecule has 21 heavy (non-hydrogen) atoms. The van der Waals surface area contributed by atoms with Gasteiger partial charge in [0, 0.05) is 28.1 Å². The number of likely N-dealkylation sites (tertiary alicyclic amines) is 1. The fraction of sp³-hybridized carbons (Fsp3) is 0.625. The fourth-order valence-corrected chi connectivity index (χ4v) is 3.71. The molecule has 1 heterocycles. The Balaban J connectivity index is 2.00. The first-order valence-corrected chi connectivity index (χ1v) is 9.13. The molecule has 0 bridgehead atoms. The number of hydrogen-bond acceptors (Lipinski definition) is 3. The van der Waals surface area contributed by atoms with Gasteiger partial charge in [-0.2, -0.15) is 0 Å². The molecule has 0 saturated carbocycles. The van der Waals surface area contributed by atoms with Crippen LogP contribution in [0.4, 0.5) is 0 Å². The second-order valence-corrected chi connectivity index (χ2v) is 7.82. The van der Waals surface area contributed by atoms with E-state index < -0.39 is 0 Å². The van der Waals surface area contributed by atoms with Gasteiger partial charge in [0.2, 0.25) is 0 Å². The van der Waals surface area contributed by atoms with Gasteiger partial charge in [-0.1, -0.05) is 6.07 Å². The van der Waals surface area contributed by atoms with E-state index >= 15 is 0 Å². The van der Waals surface area contributed by atoms with Crippen LogP contribution in [0.25, 0.3) is 0 Å². The smallest absolute Gasteiger partial charge is 0.0467 e. The van der Waals surface area contributed by atoms with Crippen molar-refractivity contribution >= 4 is 31.9 Å². The lowest BCUT2D eigenvalue weighted by atomic mass is 9.95. The maximum Gasteiger partial charge on any atom is 0.0467 e. The van der Waals surface area contributed by atoms with E-state index in [2.05, 4.69) is 74.0 Å². The highest BCUT2D eigenvalue weighted by atomic mass is 79.9. The molecule has 0 amide bonds. The molecule has 0 aromatic heterocycles. The van der Waals surface area contributed by atoms with Gasteiger partial charge in [-0.3, -0.25) is 4.90 Å². The summed E-state index contributed by atoms with van der Waals surface area (Å²) in [5, 5.41) is 0. The van der Waals surface area contributed by atoms with E-state index in [0.29, 0.717) is 6.54 Å². The molecule has 1 saturated heterocycles. The summed E-state index contributed by atoms with van der Waals surface area (Å²) in [5.74, 6) is 0.791. The van der Waals surface area contributed by atoms with E-state index in [9.17, 15) is 0 Å². The van der Waals surface area contributed by atoms with Gasteiger partial charge >= 0.3 is 0 Å². The number of piperidine rings is 1. The predicted molar refractivity (Wildman–Crippen MR) is 96.5 cm³/mol. The molecule has 0 aliphatic carbocycles. The van der Waals surface area contributed by atoms with Crippen molar-refractivity contribution in [1.82, 2.24) is 9.80 Å². The molecule has 3 nitrogen and oxygen atoms in total. The van der Waals surface area contributed by atoms with Crippen LogP contribution in [0.1, 0.15) is 24.4 Å². The van der Waals surface area contributed by atoms with E-state index in [1.165, 1.54) is 31.5 Å². The maximum atomic E-state index is 6.04. The molecule has 1 unspecified atom stereocenters. The van der Waals surface area contributed by atoms with Crippen molar-refractivity contribution in [2.24, 2.45) is 11.7 Å². The summed E-state index contributed by atoms with van der Waals surface area (Å²) in [6.45, 7) is 4.21. The van der Waals surface area contributed by atoms with E-state index in [0.717, 1.165) is 21.4 Å². The Morgan fingerprint density at radius 1 is 1.29 bits per heavy atom. The lowest BCUT2D eigenvalue weighted by Crippen LogP contribution is -2.38. The quantitative estimate of drug-likeness (QED) is 0.794. The van der Waals surface area contributed by atoms with Crippen LogP contribution in [-0.4, -0.2) is 50.1 Å².